The molecule has 3 aromatic rings. The molecule has 0 saturated carbocycles. The molecule has 1 aliphatic heterocycles. The predicted octanol–water partition coefficient (Wildman–Crippen LogP) is 4.54. The Morgan fingerprint density at radius 1 is 1.06 bits per heavy atom. The van der Waals surface area contributed by atoms with E-state index in [1.165, 1.54) is 0 Å². The van der Waals surface area contributed by atoms with E-state index in [1.54, 1.807) is 41.3 Å². The number of carbonyl (C=O) groups is 1. The van der Waals surface area contributed by atoms with E-state index in [0.29, 0.717) is 54.6 Å². The average molecular weight is 487 g/mol. The normalized spacial score (nSPS) is 12.7. The summed E-state index contributed by atoms with van der Waals surface area (Å²) in [5.74, 6) is 1.20. The molecule has 176 valence electrons. The van der Waals surface area contributed by atoms with Crippen LogP contribution in [-0.2, 0) is 17.6 Å². The minimum absolute atomic E-state index is 0.0689. The molecule has 1 N–H and O–H groups in total. The lowest BCUT2D eigenvalue weighted by atomic mass is 10.1. The zero-order valence-corrected chi connectivity index (χ0v) is 20.2. The molecule has 2 heterocycles. The second-order valence-electron chi connectivity index (χ2n) is 8.26. The highest BCUT2D eigenvalue weighted by molar-refractivity contribution is 6.27. The number of hydrogen-bond donors (Lipinski definition) is 1. The zero-order chi connectivity index (χ0) is 24.9. The lowest BCUT2D eigenvalue weighted by Gasteiger charge is -2.18. The second kappa shape index (κ2) is 10.4. The highest BCUT2D eigenvalue weighted by Gasteiger charge is 2.24. The maximum atomic E-state index is 12.2. The Hall–Kier alpha value is -4.14. The predicted molar refractivity (Wildman–Crippen MR) is 132 cm³/mol. The number of rotatable bonds is 5. The molecule has 9 heteroatoms. The van der Waals surface area contributed by atoms with E-state index in [-0.39, 0.29) is 11.8 Å². The van der Waals surface area contributed by atoms with Crippen LogP contribution in [0.2, 0.25) is 0 Å². The van der Waals surface area contributed by atoms with Crippen molar-refractivity contribution in [2.24, 2.45) is 0 Å². The minimum atomic E-state index is -0.121. The lowest BCUT2D eigenvalue weighted by Crippen LogP contribution is -2.34. The molecule has 0 aliphatic carbocycles. The van der Waals surface area contributed by atoms with Crippen LogP contribution in [0.3, 0.4) is 0 Å². The molecular weight excluding hydrogens is 464 g/mol. The van der Waals surface area contributed by atoms with Gasteiger partial charge in [0.1, 0.15) is 11.6 Å². The lowest BCUT2D eigenvalue weighted by molar-refractivity contribution is -0.128. The van der Waals surface area contributed by atoms with E-state index >= 15 is 0 Å². The van der Waals surface area contributed by atoms with Crippen molar-refractivity contribution >= 4 is 29.1 Å². The highest BCUT2D eigenvalue weighted by Crippen LogP contribution is 2.34. The van der Waals surface area contributed by atoms with E-state index in [9.17, 15) is 10.1 Å². The number of hydrogen-bond acceptors (Lipinski definition) is 7. The number of aromatic nitrogens is 2. The summed E-state index contributed by atoms with van der Waals surface area (Å²) in [7, 11) is 0. The van der Waals surface area contributed by atoms with E-state index in [0.717, 1.165) is 28.1 Å². The van der Waals surface area contributed by atoms with Crippen molar-refractivity contribution in [2.75, 3.05) is 24.3 Å². The number of halogens is 1. The van der Waals surface area contributed by atoms with Gasteiger partial charge in [-0.1, -0.05) is 0 Å². The first-order valence-corrected chi connectivity index (χ1v) is 11.6. The largest absolute Gasteiger partial charge is 0.438 e. The molecule has 0 unspecified atom stereocenters. The fraction of sp³-hybridized carbons (Fsp3) is 0.269. The van der Waals surface area contributed by atoms with Gasteiger partial charge < -0.3 is 15.0 Å². The molecule has 2 aromatic carbocycles. The Labute approximate surface area is 208 Å². The van der Waals surface area contributed by atoms with Crippen LogP contribution in [0.15, 0.2) is 36.4 Å². The topological polar surface area (TPSA) is 115 Å². The van der Waals surface area contributed by atoms with Crippen molar-refractivity contribution in [1.82, 2.24) is 14.9 Å². The van der Waals surface area contributed by atoms with Gasteiger partial charge >= 0.3 is 0 Å². The number of nitrogens with one attached hydrogen (secondary N) is 1. The van der Waals surface area contributed by atoms with Crippen LogP contribution in [0.1, 0.15) is 33.5 Å². The number of benzene rings is 2. The summed E-state index contributed by atoms with van der Waals surface area (Å²) in [6.45, 7) is 4.77. The van der Waals surface area contributed by atoms with E-state index < -0.39 is 0 Å². The summed E-state index contributed by atoms with van der Waals surface area (Å²) < 4.78 is 6.36. The number of carbonyl (C=O) groups excluding carboxylic acids is 1. The number of nitrogens with zero attached hydrogens (tertiary/aromatic N) is 5. The van der Waals surface area contributed by atoms with Gasteiger partial charge in [-0.2, -0.15) is 15.5 Å². The SMILES string of the molecule is Cc1cc(C#N)cc(C)c1Oc1nc(Nc2ccc(C#N)cc2)nc2c1CCN(C(=O)CCl)CC2. The van der Waals surface area contributed by atoms with Crippen molar-refractivity contribution in [3.63, 3.8) is 0 Å². The van der Waals surface area contributed by atoms with Crippen molar-refractivity contribution in [3.8, 4) is 23.8 Å². The maximum Gasteiger partial charge on any atom is 0.237 e. The van der Waals surface area contributed by atoms with Gasteiger partial charge in [0.15, 0.2) is 0 Å². The van der Waals surface area contributed by atoms with Gasteiger partial charge in [0, 0.05) is 30.8 Å². The third kappa shape index (κ3) is 5.34. The van der Waals surface area contributed by atoms with Gasteiger partial charge in [-0.05, 0) is 67.8 Å². The van der Waals surface area contributed by atoms with Crippen LogP contribution in [0, 0.1) is 36.5 Å². The van der Waals surface area contributed by atoms with Gasteiger partial charge in [-0.3, -0.25) is 4.79 Å². The van der Waals surface area contributed by atoms with Gasteiger partial charge in [0.2, 0.25) is 17.7 Å². The summed E-state index contributed by atoms with van der Waals surface area (Å²) in [5.41, 5.74) is 5.12. The quantitative estimate of drug-likeness (QED) is 0.526. The third-order valence-electron chi connectivity index (χ3n) is 5.83. The summed E-state index contributed by atoms with van der Waals surface area (Å²) >= 11 is 5.79. The van der Waals surface area contributed by atoms with E-state index in [1.807, 2.05) is 13.8 Å². The Morgan fingerprint density at radius 3 is 2.34 bits per heavy atom. The zero-order valence-electron chi connectivity index (χ0n) is 19.4. The number of amides is 1. The fourth-order valence-corrected chi connectivity index (χ4v) is 4.24. The van der Waals surface area contributed by atoms with Crippen molar-refractivity contribution in [2.45, 2.75) is 26.7 Å². The number of alkyl halides is 1. The molecule has 0 bridgehead atoms. The summed E-state index contributed by atoms with van der Waals surface area (Å²) in [5, 5.41) is 21.5. The fourth-order valence-electron chi connectivity index (χ4n) is 4.07. The van der Waals surface area contributed by atoms with Crippen LogP contribution in [-0.4, -0.2) is 39.7 Å². The van der Waals surface area contributed by atoms with Crippen LogP contribution in [0.5, 0.6) is 11.6 Å². The number of ether oxygens (including phenoxy) is 1. The summed E-state index contributed by atoms with van der Waals surface area (Å²) in [4.78, 5) is 23.3. The minimum Gasteiger partial charge on any atom is -0.438 e. The Morgan fingerprint density at radius 2 is 1.71 bits per heavy atom. The van der Waals surface area contributed by atoms with Crippen LogP contribution < -0.4 is 10.1 Å². The van der Waals surface area contributed by atoms with Gasteiger partial charge in [-0.15, -0.1) is 11.6 Å². The highest BCUT2D eigenvalue weighted by atomic mass is 35.5. The number of aryl methyl sites for hydroxylation is 2. The third-order valence-corrected chi connectivity index (χ3v) is 6.06. The maximum absolute atomic E-state index is 12.2. The first-order chi connectivity index (χ1) is 16.9. The first kappa shape index (κ1) is 24.0. The van der Waals surface area contributed by atoms with Crippen molar-refractivity contribution in [1.29, 1.82) is 10.5 Å². The standard InChI is InChI=1S/C26H23ClN6O2/c1-16-11-19(15-29)12-17(2)24(16)35-25-21-7-9-33(23(34)13-27)10-8-22(21)31-26(32-25)30-20-5-3-18(14-28)4-6-20/h3-6,11-12H,7-10,13H2,1-2H3,(H,30,31,32). The molecule has 8 nitrogen and oxygen atoms in total. The number of anilines is 2. The van der Waals surface area contributed by atoms with Crippen LogP contribution in [0.25, 0.3) is 0 Å². The smallest absolute Gasteiger partial charge is 0.237 e. The molecule has 1 aliphatic rings. The van der Waals surface area contributed by atoms with Crippen molar-refractivity contribution in [3.05, 3.63) is 69.9 Å². The number of fused-ring (bicyclic) bond motifs is 1. The second-order valence-corrected chi connectivity index (χ2v) is 8.53. The molecule has 0 saturated heterocycles. The molecular formula is C26H23ClN6O2. The average Bonchev–Trinajstić information content (AvgIpc) is 3.09. The Bertz CT molecular complexity index is 1330. The summed E-state index contributed by atoms with van der Waals surface area (Å²) in [6.07, 6.45) is 1.06. The monoisotopic (exact) mass is 486 g/mol. The molecule has 1 amide bonds. The van der Waals surface area contributed by atoms with Gasteiger partial charge in [0.05, 0.1) is 29.0 Å². The molecule has 0 spiro atoms. The molecule has 0 fully saturated rings. The molecule has 4 rings (SSSR count). The Kier molecular flexibility index (Phi) is 7.14. The van der Waals surface area contributed by atoms with Crippen LogP contribution in [0.4, 0.5) is 11.6 Å². The molecule has 1 aromatic heterocycles. The van der Waals surface area contributed by atoms with Gasteiger partial charge in [-0.25, -0.2) is 4.98 Å². The van der Waals surface area contributed by atoms with Crippen LogP contribution >= 0.6 is 11.6 Å². The Balaban J connectivity index is 1.74. The molecule has 0 radical (unpaired) electrons. The molecule has 35 heavy (non-hydrogen) atoms. The first-order valence-electron chi connectivity index (χ1n) is 11.1. The molecule has 0 atom stereocenters. The van der Waals surface area contributed by atoms with E-state index in [2.05, 4.69) is 22.4 Å². The van der Waals surface area contributed by atoms with Crippen molar-refractivity contribution < 1.29 is 9.53 Å². The van der Waals surface area contributed by atoms with E-state index in [4.69, 9.17) is 26.6 Å². The van der Waals surface area contributed by atoms with Gasteiger partial charge in [0.25, 0.3) is 0 Å². The number of nitriles is 2. The summed E-state index contributed by atoms with van der Waals surface area (Å²) in [6, 6.07) is 14.8.